The number of rotatable bonds is 7. The van der Waals surface area contributed by atoms with Gasteiger partial charge in [-0.25, -0.2) is 0 Å². The largest absolute Gasteiger partial charge is 0.480 e. The van der Waals surface area contributed by atoms with Crippen LogP contribution in [-0.4, -0.2) is 43.9 Å². The van der Waals surface area contributed by atoms with E-state index in [1.807, 2.05) is 19.0 Å². The van der Waals surface area contributed by atoms with Crippen molar-refractivity contribution in [1.82, 2.24) is 10.3 Å². The van der Waals surface area contributed by atoms with E-state index in [9.17, 15) is 5.11 Å². The van der Waals surface area contributed by atoms with Crippen molar-refractivity contribution in [2.75, 3.05) is 32.7 Å². The van der Waals surface area contributed by atoms with E-state index < -0.39 is 0 Å². The molecule has 1 atom stereocenters. The molecule has 0 spiro atoms. The van der Waals surface area contributed by atoms with Gasteiger partial charge in [0.25, 0.3) is 0 Å². The Hall–Kier alpha value is -0.850. The van der Waals surface area contributed by atoms with Gasteiger partial charge in [-0.1, -0.05) is 25.2 Å². The number of hydrogen-bond donors (Lipinski definition) is 2. The van der Waals surface area contributed by atoms with E-state index in [0.717, 1.165) is 10.0 Å². The van der Waals surface area contributed by atoms with Gasteiger partial charge in [-0.3, -0.25) is 0 Å². The highest BCUT2D eigenvalue weighted by molar-refractivity contribution is 7.15. The first-order valence-electron chi connectivity index (χ1n) is 6.04. The number of aliphatic hydroxyl groups excluding tert-OH is 1. The molecule has 18 heavy (non-hydrogen) atoms. The number of aromatic nitrogens is 1. The van der Waals surface area contributed by atoms with Crippen molar-refractivity contribution in [3.8, 4) is 5.88 Å². The fraction of sp³-hybridized carbons (Fsp3) is 0.750. The third-order valence-corrected chi connectivity index (χ3v) is 3.96. The fourth-order valence-corrected chi connectivity index (χ4v) is 2.43. The number of anilines is 1. The van der Waals surface area contributed by atoms with Crippen molar-refractivity contribution in [3.63, 3.8) is 0 Å². The number of thiazole rings is 1. The molecule has 0 fully saturated rings. The maximum atomic E-state index is 9.28. The number of hydrogen-bond acceptors (Lipinski definition) is 6. The molecule has 1 rings (SSSR count). The molecule has 1 aromatic heterocycles. The molecule has 1 aromatic rings. The quantitative estimate of drug-likeness (QED) is 0.785. The van der Waals surface area contributed by atoms with Gasteiger partial charge in [0, 0.05) is 26.7 Å². The van der Waals surface area contributed by atoms with Crippen molar-refractivity contribution in [3.05, 3.63) is 4.88 Å². The Bertz CT molecular complexity index is 366. The summed E-state index contributed by atoms with van der Waals surface area (Å²) in [6, 6.07) is 0.0969. The second kappa shape index (κ2) is 6.92. The van der Waals surface area contributed by atoms with Gasteiger partial charge < -0.3 is 20.1 Å². The summed E-state index contributed by atoms with van der Waals surface area (Å²) in [6.07, 6.45) is 0. The number of nitrogens with one attached hydrogen (secondary N) is 1. The van der Waals surface area contributed by atoms with Crippen LogP contribution in [0.25, 0.3) is 0 Å². The van der Waals surface area contributed by atoms with Crippen molar-refractivity contribution >= 4 is 16.5 Å². The van der Waals surface area contributed by atoms with Crippen LogP contribution in [-0.2, 0) is 6.54 Å². The van der Waals surface area contributed by atoms with E-state index in [0.29, 0.717) is 18.3 Å². The van der Waals surface area contributed by atoms with Gasteiger partial charge in [0.05, 0.1) is 18.6 Å². The van der Waals surface area contributed by atoms with Crippen LogP contribution in [0, 0.1) is 5.92 Å². The van der Waals surface area contributed by atoms with Gasteiger partial charge >= 0.3 is 0 Å². The maximum absolute atomic E-state index is 9.28. The second-order valence-corrected chi connectivity index (χ2v) is 5.80. The molecule has 104 valence electrons. The lowest BCUT2D eigenvalue weighted by Gasteiger charge is -2.19. The molecule has 1 heterocycles. The van der Waals surface area contributed by atoms with E-state index in [-0.39, 0.29) is 12.6 Å². The van der Waals surface area contributed by atoms with E-state index >= 15 is 0 Å². The lowest BCUT2D eigenvalue weighted by molar-refractivity contribution is 0.210. The van der Waals surface area contributed by atoms with Crippen molar-refractivity contribution in [2.45, 2.75) is 26.4 Å². The van der Waals surface area contributed by atoms with E-state index in [1.54, 1.807) is 18.4 Å². The van der Waals surface area contributed by atoms with Gasteiger partial charge in [0.1, 0.15) is 0 Å². The summed E-state index contributed by atoms with van der Waals surface area (Å²) in [7, 11) is 5.55. The zero-order chi connectivity index (χ0) is 13.7. The molecular weight excluding hydrogens is 250 g/mol. The molecular formula is C12H23N3O2S. The summed E-state index contributed by atoms with van der Waals surface area (Å²) < 4.78 is 5.27. The molecule has 0 aliphatic carbocycles. The first kappa shape index (κ1) is 15.2. The van der Waals surface area contributed by atoms with Crippen LogP contribution in [0.15, 0.2) is 0 Å². The van der Waals surface area contributed by atoms with E-state index in [2.05, 4.69) is 24.1 Å². The monoisotopic (exact) mass is 273 g/mol. The summed E-state index contributed by atoms with van der Waals surface area (Å²) in [5, 5.41) is 13.5. The smallest absolute Gasteiger partial charge is 0.230 e. The Kier molecular flexibility index (Phi) is 5.84. The predicted molar refractivity (Wildman–Crippen MR) is 75.5 cm³/mol. The van der Waals surface area contributed by atoms with Crippen LogP contribution in [0.3, 0.4) is 0 Å². The zero-order valence-electron chi connectivity index (χ0n) is 11.7. The lowest BCUT2D eigenvalue weighted by Crippen LogP contribution is -2.36. The summed E-state index contributed by atoms with van der Waals surface area (Å²) in [6.45, 7) is 4.98. The van der Waals surface area contributed by atoms with Crippen molar-refractivity contribution in [1.29, 1.82) is 0 Å². The molecule has 2 N–H and O–H groups in total. The molecule has 0 bridgehead atoms. The summed E-state index contributed by atoms with van der Waals surface area (Å²) in [4.78, 5) is 7.41. The van der Waals surface area contributed by atoms with Gasteiger partial charge in [0.2, 0.25) is 5.88 Å². The number of aliphatic hydroxyl groups is 1. The van der Waals surface area contributed by atoms with Gasteiger partial charge in [-0.15, -0.1) is 0 Å². The molecule has 0 saturated carbocycles. The molecule has 0 saturated heterocycles. The molecule has 0 radical (unpaired) electrons. The average Bonchev–Trinajstić information content (AvgIpc) is 2.73. The highest BCUT2D eigenvalue weighted by Gasteiger charge is 2.16. The van der Waals surface area contributed by atoms with Crippen molar-refractivity contribution in [2.24, 2.45) is 5.92 Å². The Balaban J connectivity index is 2.71. The summed E-state index contributed by atoms with van der Waals surface area (Å²) >= 11 is 1.60. The SMILES string of the molecule is COc1nc(N(C)C)sc1CNC(CO)C(C)C. The van der Waals surface area contributed by atoms with Crippen LogP contribution in [0.4, 0.5) is 5.13 Å². The second-order valence-electron chi connectivity index (χ2n) is 4.74. The summed E-state index contributed by atoms with van der Waals surface area (Å²) in [5.41, 5.74) is 0. The zero-order valence-corrected chi connectivity index (χ0v) is 12.5. The van der Waals surface area contributed by atoms with Crippen LogP contribution in [0.2, 0.25) is 0 Å². The minimum atomic E-state index is 0.0969. The highest BCUT2D eigenvalue weighted by atomic mass is 32.1. The van der Waals surface area contributed by atoms with Gasteiger partial charge in [-0.2, -0.15) is 4.98 Å². The minimum absolute atomic E-state index is 0.0969. The lowest BCUT2D eigenvalue weighted by atomic mass is 10.1. The van der Waals surface area contributed by atoms with Gasteiger partial charge in [-0.05, 0) is 5.92 Å². The first-order chi connectivity index (χ1) is 8.49. The number of nitrogens with zero attached hydrogens (tertiary/aromatic N) is 2. The third kappa shape index (κ3) is 3.83. The average molecular weight is 273 g/mol. The highest BCUT2D eigenvalue weighted by Crippen LogP contribution is 2.30. The Labute approximate surface area is 113 Å². The van der Waals surface area contributed by atoms with Crippen LogP contribution >= 0.6 is 11.3 Å². The topological polar surface area (TPSA) is 57.6 Å². The van der Waals surface area contributed by atoms with Crippen LogP contribution < -0.4 is 15.0 Å². The fourth-order valence-electron chi connectivity index (χ4n) is 1.52. The standard InChI is InChI=1S/C12H23N3O2S/c1-8(2)9(7-16)13-6-10-11(17-5)14-12(18-10)15(3)4/h8-9,13,16H,6-7H2,1-5H3. The molecule has 0 amide bonds. The molecule has 5 nitrogen and oxygen atoms in total. The van der Waals surface area contributed by atoms with E-state index in [4.69, 9.17) is 4.74 Å². The third-order valence-electron chi connectivity index (χ3n) is 2.75. The molecule has 0 aliphatic rings. The molecule has 0 aliphatic heterocycles. The molecule has 6 heteroatoms. The van der Waals surface area contributed by atoms with Crippen LogP contribution in [0.1, 0.15) is 18.7 Å². The first-order valence-corrected chi connectivity index (χ1v) is 6.86. The van der Waals surface area contributed by atoms with Crippen molar-refractivity contribution < 1.29 is 9.84 Å². The molecule has 1 unspecified atom stereocenters. The predicted octanol–water partition coefficient (Wildman–Crippen LogP) is 1.32. The van der Waals surface area contributed by atoms with Gasteiger partial charge in [0.15, 0.2) is 5.13 Å². The Morgan fingerprint density at radius 3 is 2.56 bits per heavy atom. The minimum Gasteiger partial charge on any atom is -0.480 e. The Morgan fingerprint density at radius 2 is 2.11 bits per heavy atom. The van der Waals surface area contributed by atoms with E-state index in [1.165, 1.54) is 0 Å². The number of methoxy groups -OCH3 is 1. The maximum Gasteiger partial charge on any atom is 0.230 e. The number of ether oxygens (including phenoxy) is 1. The van der Waals surface area contributed by atoms with Crippen LogP contribution in [0.5, 0.6) is 5.88 Å². The Morgan fingerprint density at radius 1 is 1.44 bits per heavy atom. The summed E-state index contributed by atoms with van der Waals surface area (Å²) in [5.74, 6) is 1.05. The normalized spacial score (nSPS) is 12.8. The molecule has 0 aromatic carbocycles.